The van der Waals surface area contributed by atoms with E-state index in [9.17, 15) is 4.79 Å². The molecule has 2 rings (SSSR count). The molecule has 4 nitrogen and oxygen atoms in total. The molecule has 1 heterocycles. The van der Waals surface area contributed by atoms with Crippen LogP contribution >= 0.6 is 0 Å². The van der Waals surface area contributed by atoms with E-state index in [1.54, 1.807) is 18.4 Å². The summed E-state index contributed by atoms with van der Waals surface area (Å²) in [5, 5.41) is 3.27. The number of nitrogens with one attached hydrogen (secondary N) is 1. The van der Waals surface area contributed by atoms with Crippen molar-refractivity contribution in [1.29, 1.82) is 0 Å². The molecule has 0 spiro atoms. The van der Waals surface area contributed by atoms with Gasteiger partial charge in [0, 0.05) is 11.3 Å². The third-order valence-corrected chi connectivity index (χ3v) is 2.73. The number of primary amides is 1. The summed E-state index contributed by atoms with van der Waals surface area (Å²) >= 11 is 0. The number of anilines is 1. The number of hydrogen-bond acceptors (Lipinski definition) is 3. The Bertz CT molecular complexity index is 412. The number of benzene rings is 1. The minimum atomic E-state index is -0.405. The van der Waals surface area contributed by atoms with Gasteiger partial charge in [0.05, 0.1) is 12.8 Å². The second-order valence-electron chi connectivity index (χ2n) is 4.03. The third-order valence-electron chi connectivity index (χ3n) is 2.73. The Labute approximate surface area is 100 Å². The zero-order valence-electron chi connectivity index (χ0n) is 9.56. The smallest absolute Gasteiger partial charge is 0.248 e. The van der Waals surface area contributed by atoms with Gasteiger partial charge in [0.15, 0.2) is 0 Å². The number of hydrogen-bond donors (Lipinski definition) is 2. The Morgan fingerprint density at radius 3 is 2.76 bits per heavy atom. The van der Waals surface area contributed by atoms with Crippen LogP contribution in [0.25, 0.3) is 0 Å². The van der Waals surface area contributed by atoms with E-state index in [0.717, 1.165) is 25.1 Å². The number of carbonyl (C=O) groups is 1. The lowest BCUT2D eigenvalue weighted by molar-refractivity contribution is 0.100. The fourth-order valence-electron chi connectivity index (χ4n) is 1.72. The fourth-order valence-corrected chi connectivity index (χ4v) is 1.72. The van der Waals surface area contributed by atoms with Gasteiger partial charge in [0.2, 0.25) is 5.91 Å². The van der Waals surface area contributed by atoms with Crippen molar-refractivity contribution in [2.75, 3.05) is 11.9 Å². The zero-order chi connectivity index (χ0) is 12.1. The maximum Gasteiger partial charge on any atom is 0.248 e. The van der Waals surface area contributed by atoms with Crippen LogP contribution in [0.1, 0.15) is 23.2 Å². The molecular formula is C13H16N2O2. The molecule has 1 unspecified atom stereocenters. The minimum absolute atomic E-state index is 0.218. The summed E-state index contributed by atoms with van der Waals surface area (Å²) in [5.74, 6) is -0.405. The normalized spacial score (nSPS) is 18.5. The minimum Gasteiger partial charge on any atom is -0.497 e. The maximum absolute atomic E-state index is 10.9. The number of allylic oxidation sites excluding steroid dienone is 1. The summed E-state index contributed by atoms with van der Waals surface area (Å²) in [6.45, 7) is 0.764. The zero-order valence-corrected chi connectivity index (χ0v) is 9.56. The van der Waals surface area contributed by atoms with Gasteiger partial charge in [-0.15, -0.1) is 0 Å². The number of ether oxygens (including phenoxy) is 1. The highest BCUT2D eigenvalue weighted by Gasteiger charge is 2.10. The van der Waals surface area contributed by atoms with Crippen LogP contribution in [0.5, 0.6) is 0 Å². The lowest BCUT2D eigenvalue weighted by Gasteiger charge is -2.20. The van der Waals surface area contributed by atoms with Crippen molar-refractivity contribution < 1.29 is 9.53 Å². The molecule has 0 saturated heterocycles. The lowest BCUT2D eigenvalue weighted by atomic mass is 10.1. The highest BCUT2D eigenvalue weighted by atomic mass is 16.5. The second kappa shape index (κ2) is 5.39. The molecule has 1 aromatic carbocycles. The van der Waals surface area contributed by atoms with E-state index < -0.39 is 5.91 Å². The first kappa shape index (κ1) is 11.5. The van der Waals surface area contributed by atoms with E-state index >= 15 is 0 Å². The second-order valence-corrected chi connectivity index (χ2v) is 4.03. The Hall–Kier alpha value is -1.97. The summed E-state index contributed by atoms with van der Waals surface area (Å²) in [4.78, 5) is 10.9. The molecule has 90 valence electrons. The highest BCUT2D eigenvalue weighted by molar-refractivity contribution is 5.93. The van der Waals surface area contributed by atoms with Gasteiger partial charge in [0.25, 0.3) is 0 Å². The molecule has 0 aliphatic carbocycles. The highest BCUT2D eigenvalue weighted by Crippen LogP contribution is 2.13. The van der Waals surface area contributed by atoms with E-state index in [1.807, 2.05) is 18.2 Å². The van der Waals surface area contributed by atoms with Gasteiger partial charge in [0.1, 0.15) is 6.10 Å². The van der Waals surface area contributed by atoms with Gasteiger partial charge in [-0.3, -0.25) is 4.79 Å². The number of amides is 1. The van der Waals surface area contributed by atoms with Gasteiger partial charge in [-0.25, -0.2) is 0 Å². The molecule has 1 aliphatic rings. The van der Waals surface area contributed by atoms with Crippen LogP contribution in [0, 0.1) is 0 Å². The van der Waals surface area contributed by atoms with Gasteiger partial charge in [-0.2, -0.15) is 0 Å². The Balaban J connectivity index is 1.86. The quantitative estimate of drug-likeness (QED) is 0.833. The van der Waals surface area contributed by atoms with Crippen LogP contribution in [0.4, 0.5) is 5.69 Å². The largest absolute Gasteiger partial charge is 0.497 e. The van der Waals surface area contributed by atoms with Crippen molar-refractivity contribution in [3.05, 3.63) is 42.2 Å². The SMILES string of the molecule is NC(=O)c1ccc(NCC2CCC=CO2)cc1. The van der Waals surface area contributed by atoms with Crippen molar-refractivity contribution in [3.63, 3.8) is 0 Å². The first-order chi connectivity index (χ1) is 8.25. The topological polar surface area (TPSA) is 64.4 Å². The first-order valence-electron chi connectivity index (χ1n) is 5.70. The molecule has 0 radical (unpaired) electrons. The molecule has 0 aromatic heterocycles. The summed E-state index contributed by atoms with van der Waals surface area (Å²) in [7, 11) is 0. The monoisotopic (exact) mass is 232 g/mol. The molecule has 0 saturated carbocycles. The van der Waals surface area contributed by atoms with Crippen molar-refractivity contribution in [1.82, 2.24) is 0 Å². The molecule has 1 aliphatic heterocycles. The Kier molecular flexibility index (Phi) is 3.65. The molecule has 1 aromatic rings. The van der Waals surface area contributed by atoms with Gasteiger partial charge >= 0.3 is 0 Å². The van der Waals surface area contributed by atoms with Crippen LogP contribution in [0.2, 0.25) is 0 Å². The number of carbonyl (C=O) groups excluding carboxylic acids is 1. The van der Waals surface area contributed by atoms with Crippen LogP contribution < -0.4 is 11.1 Å². The van der Waals surface area contributed by atoms with Gasteiger partial charge < -0.3 is 15.8 Å². The molecule has 17 heavy (non-hydrogen) atoms. The summed E-state index contributed by atoms with van der Waals surface area (Å²) in [6.07, 6.45) is 6.09. The van der Waals surface area contributed by atoms with E-state index in [0.29, 0.717) is 5.56 Å². The molecule has 1 amide bonds. The van der Waals surface area contributed by atoms with E-state index in [-0.39, 0.29) is 6.10 Å². The maximum atomic E-state index is 10.9. The standard InChI is InChI=1S/C13H16N2O2/c14-13(16)10-4-6-11(7-5-10)15-9-12-3-1-2-8-17-12/h2,4-8,12,15H,1,3,9H2,(H2,14,16). The Morgan fingerprint density at radius 2 is 2.18 bits per heavy atom. The predicted octanol–water partition coefficient (Wildman–Crippen LogP) is 1.89. The molecule has 1 atom stereocenters. The molecule has 0 fully saturated rings. The van der Waals surface area contributed by atoms with Crippen molar-refractivity contribution in [3.8, 4) is 0 Å². The van der Waals surface area contributed by atoms with E-state index in [2.05, 4.69) is 5.32 Å². The van der Waals surface area contributed by atoms with Gasteiger partial charge in [-0.1, -0.05) is 0 Å². The van der Waals surface area contributed by atoms with Crippen LogP contribution in [-0.2, 0) is 4.74 Å². The van der Waals surface area contributed by atoms with Gasteiger partial charge in [-0.05, 0) is 43.2 Å². The molecule has 3 N–H and O–H groups in total. The number of rotatable bonds is 4. The third kappa shape index (κ3) is 3.24. The Morgan fingerprint density at radius 1 is 1.41 bits per heavy atom. The van der Waals surface area contributed by atoms with Crippen LogP contribution in [-0.4, -0.2) is 18.6 Å². The van der Waals surface area contributed by atoms with E-state index in [4.69, 9.17) is 10.5 Å². The van der Waals surface area contributed by atoms with E-state index in [1.165, 1.54) is 0 Å². The summed E-state index contributed by atoms with van der Waals surface area (Å²) < 4.78 is 5.44. The van der Waals surface area contributed by atoms with Crippen molar-refractivity contribution >= 4 is 11.6 Å². The number of nitrogens with two attached hydrogens (primary N) is 1. The molecule has 4 heteroatoms. The van der Waals surface area contributed by atoms with Crippen molar-refractivity contribution in [2.45, 2.75) is 18.9 Å². The summed E-state index contributed by atoms with van der Waals surface area (Å²) in [6, 6.07) is 7.12. The predicted molar refractivity (Wildman–Crippen MR) is 66.7 cm³/mol. The fraction of sp³-hybridized carbons (Fsp3) is 0.308. The first-order valence-corrected chi connectivity index (χ1v) is 5.70. The van der Waals surface area contributed by atoms with Crippen molar-refractivity contribution in [2.24, 2.45) is 5.73 Å². The summed E-state index contributed by atoms with van der Waals surface area (Å²) in [5.41, 5.74) is 6.65. The average molecular weight is 232 g/mol. The van der Waals surface area contributed by atoms with Crippen LogP contribution in [0.3, 0.4) is 0 Å². The molecular weight excluding hydrogens is 216 g/mol. The van der Waals surface area contributed by atoms with Crippen LogP contribution in [0.15, 0.2) is 36.6 Å². The molecule has 0 bridgehead atoms. The average Bonchev–Trinajstić information content (AvgIpc) is 2.38. The lowest BCUT2D eigenvalue weighted by Crippen LogP contribution is -2.23.